The second-order valence-electron chi connectivity index (χ2n) is 4.67. The summed E-state index contributed by atoms with van der Waals surface area (Å²) in [4.78, 5) is 17.6. The van der Waals surface area contributed by atoms with E-state index >= 15 is 0 Å². The third kappa shape index (κ3) is 2.67. The summed E-state index contributed by atoms with van der Waals surface area (Å²) in [5, 5.41) is 0. The van der Waals surface area contributed by atoms with Gasteiger partial charge in [0.25, 0.3) is 0 Å². The highest BCUT2D eigenvalue weighted by atomic mass is 32.1. The number of ether oxygens (including phenoxy) is 1. The first-order chi connectivity index (χ1) is 10.7. The van der Waals surface area contributed by atoms with Crippen molar-refractivity contribution in [2.24, 2.45) is 0 Å². The van der Waals surface area contributed by atoms with Crippen molar-refractivity contribution in [3.05, 3.63) is 59.7 Å². The number of hydrogen-bond acceptors (Lipinski definition) is 4. The maximum absolute atomic E-state index is 12.1. The van der Waals surface area contributed by atoms with E-state index in [0.29, 0.717) is 10.3 Å². The van der Waals surface area contributed by atoms with E-state index in [-0.39, 0.29) is 5.97 Å². The van der Waals surface area contributed by atoms with Crippen LogP contribution in [0.25, 0.3) is 21.6 Å². The van der Waals surface area contributed by atoms with Crippen LogP contribution in [-0.2, 0) is 4.74 Å². The zero-order valence-corrected chi connectivity index (χ0v) is 12.8. The summed E-state index contributed by atoms with van der Waals surface area (Å²) in [6.45, 7) is 0. The molecule has 0 aliphatic rings. The molecule has 3 nitrogen and oxygen atoms in total. The molecule has 0 aliphatic carbocycles. The van der Waals surface area contributed by atoms with Crippen molar-refractivity contribution in [1.82, 2.24) is 4.98 Å². The Hall–Kier alpha value is -2.40. The molecule has 0 saturated carbocycles. The Labute approximate surface area is 134 Å². The fraction of sp³-hybridized carbons (Fsp3) is 0.0588. The van der Waals surface area contributed by atoms with E-state index in [0.717, 1.165) is 21.6 Å². The molecule has 0 atom stereocenters. The highest BCUT2D eigenvalue weighted by Gasteiger charge is 2.19. The molecular formula is C17H12BNO2S. The zero-order valence-electron chi connectivity index (χ0n) is 11.9. The Morgan fingerprint density at radius 3 is 2.64 bits per heavy atom. The first-order valence-corrected chi connectivity index (χ1v) is 7.50. The van der Waals surface area contributed by atoms with Gasteiger partial charge in [0.2, 0.25) is 0 Å². The molecule has 0 saturated heterocycles. The number of thiophene rings is 1. The van der Waals surface area contributed by atoms with E-state index in [1.165, 1.54) is 18.4 Å². The average molecular weight is 305 g/mol. The number of carbonyl (C=O) groups excluding carboxylic acids is 1. The smallest absolute Gasteiger partial charge is 0.348 e. The Morgan fingerprint density at radius 1 is 1.18 bits per heavy atom. The number of pyridine rings is 1. The second kappa shape index (κ2) is 6.16. The van der Waals surface area contributed by atoms with E-state index in [2.05, 4.69) is 4.98 Å². The van der Waals surface area contributed by atoms with Gasteiger partial charge in [-0.05, 0) is 23.3 Å². The molecule has 0 spiro atoms. The topological polar surface area (TPSA) is 39.2 Å². The van der Waals surface area contributed by atoms with Gasteiger partial charge in [0.1, 0.15) is 12.7 Å². The van der Waals surface area contributed by atoms with Crippen LogP contribution >= 0.6 is 11.3 Å². The van der Waals surface area contributed by atoms with Crippen LogP contribution in [0.5, 0.6) is 0 Å². The van der Waals surface area contributed by atoms with Crippen LogP contribution in [0.15, 0.2) is 54.9 Å². The fourth-order valence-corrected chi connectivity index (χ4v) is 3.33. The lowest BCUT2D eigenvalue weighted by Gasteiger charge is -2.05. The lowest BCUT2D eigenvalue weighted by molar-refractivity contribution is 0.0607. The molecule has 0 fully saturated rings. The summed E-state index contributed by atoms with van der Waals surface area (Å²) in [6.07, 6.45) is 3.24. The van der Waals surface area contributed by atoms with Crippen molar-refractivity contribution < 1.29 is 9.53 Å². The number of nitrogens with zero attached hydrogens (tertiary/aromatic N) is 1. The van der Waals surface area contributed by atoms with Crippen molar-refractivity contribution in [2.45, 2.75) is 0 Å². The maximum Gasteiger partial charge on any atom is 0.348 e. The molecule has 106 valence electrons. The number of hydrogen-bond donors (Lipinski definition) is 0. The Balaban J connectivity index is 2.19. The van der Waals surface area contributed by atoms with Gasteiger partial charge in [-0.3, -0.25) is 4.98 Å². The molecular weight excluding hydrogens is 293 g/mol. The summed E-state index contributed by atoms with van der Waals surface area (Å²) in [6, 6.07) is 13.7. The number of rotatable bonds is 3. The molecule has 3 aromatic rings. The minimum Gasteiger partial charge on any atom is -0.465 e. The van der Waals surface area contributed by atoms with Gasteiger partial charge in [0, 0.05) is 22.8 Å². The number of carbonyl (C=O) groups is 1. The Bertz CT molecular complexity index is 815. The zero-order chi connectivity index (χ0) is 15.5. The number of aromatic nitrogens is 1. The van der Waals surface area contributed by atoms with Crippen molar-refractivity contribution in [2.75, 3.05) is 7.11 Å². The quantitative estimate of drug-likeness (QED) is 0.551. The van der Waals surface area contributed by atoms with E-state index in [1.54, 1.807) is 18.5 Å². The largest absolute Gasteiger partial charge is 0.465 e. The molecule has 5 heteroatoms. The summed E-state index contributed by atoms with van der Waals surface area (Å²) in [5.74, 6) is -0.363. The van der Waals surface area contributed by atoms with E-state index in [9.17, 15) is 4.79 Å². The summed E-state index contributed by atoms with van der Waals surface area (Å²) < 4.78 is 4.90. The van der Waals surface area contributed by atoms with Gasteiger partial charge >= 0.3 is 5.97 Å². The molecule has 1 aromatic carbocycles. The van der Waals surface area contributed by atoms with Gasteiger partial charge in [-0.15, -0.1) is 11.3 Å². The first kappa shape index (κ1) is 14.5. The minimum absolute atomic E-state index is 0.363. The lowest BCUT2D eigenvalue weighted by Crippen LogP contribution is -2.09. The average Bonchev–Trinajstić information content (AvgIpc) is 3.00. The molecule has 2 aromatic heterocycles. The molecule has 2 radical (unpaired) electrons. The van der Waals surface area contributed by atoms with E-state index < -0.39 is 0 Å². The first-order valence-electron chi connectivity index (χ1n) is 6.68. The summed E-state index contributed by atoms with van der Waals surface area (Å²) in [5.41, 5.74) is 3.14. The number of methoxy groups -OCH3 is 1. The normalized spacial score (nSPS) is 10.4. The van der Waals surface area contributed by atoms with Crippen LogP contribution in [0.3, 0.4) is 0 Å². The van der Waals surface area contributed by atoms with Gasteiger partial charge < -0.3 is 4.74 Å². The van der Waals surface area contributed by atoms with Gasteiger partial charge in [-0.2, -0.15) is 0 Å². The third-order valence-corrected chi connectivity index (χ3v) is 4.47. The van der Waals surface area contributed by atoms with Crippen LogP contribution in [0, 0.1) is 0 Å². The SMILES string of the molecule is [B]c1cnccc1-c1cc(-c2ccccc2)sc1C(=O)OC. The molecule has 2 heterocycles. The predicted molar refractivity (Wildman–Crippen MR) is 89.7 cm³/mol. The second-order valence-corrected chi connectivity index (χ2v) is 5.73. The predicted octanol–water partition coefficient (Wildman–Crippen LogP) is 3.06. The molecule has 0 aliphatic heterocycles. The lowest BCUT2D eigenvalue weighted by atomic mass is 9.89. The summed E-state index contributed by atoms with van der Waals surface area (Å²) >= 11 is 1.40. The van der Waals surface area contributed by atoms with Gasteiger partial charge in [-0.25, -0.2) is 4.79 Å². The molecule has 0 N–H and O–H groups in total. The van der Waals surface area contributed by atoms with E-state index in [1.807, 2.05) is 36.4 Å². The number of benzene rings is 1. The molecule has 22 heavy (non-hydrogen) atoms. The monoisotopic (exact) mass is 305 g/mol. The third-order valence-electron chi connectivity index (χ3n) is 3.30. The van der Waals surface area contributed by atoms with Crippen LogP contribution < -0.4 is 5.46 Å². The standard InChI is InChI=1S/C17H12BNO2S/c1-21-17(20)16-13(12-7-8-19-10-14(12)18)9-15(22-16)11-5-3-2-4-6-11/h2-10H,1H3. The van der Waals surface area contributed by atoms with Crippen molar-refractivity contribution in [3.63, 3.8) is 0 Å². The fourth-order valence-electron chi connectivity index (χ4n) is 2.23. The van der Waals surface area contributed by atoms with Crippen LogP contribution in [-0.4, -0.2) is 25.9 Å². The van der Waals surface area contributed by atoms with E-state index in [4.69, 9.17) is 12.6 Å². The highest BCUT2D eigenvalue weighted by molar-refractivity contribution is 7.17. The Morgan fingerprint density at radius 2 is 1.95 bits per heavy atom. The molecule has 0 amide bonds. The van der Waals surface area contributed by atoms with Gasteiger partial charge in [0.15, 0.2) is 0 Å². The maximum atomic E-state index is 12.1. The molecule has 0 unspecified atom stereocenters. The van der Waals surface area contributed by atoms with Gasteiger partial charge in [0.05, 0.1) is 7.11 Å². The summed E-state index contributed by atoms with van der Waals surface area (Å²) in [7, 11) is 7.38. The highest BCUT2D eigenvalue weighted by Crippen LogP contribution is 2.36. The number of esters is 1. The van der Waals surface area contributed by atoms with Crippen LogP contribution in [0.2, 0.25) is 0 Å². The Kier molecular flexibility index (Phi) is 4.07. The van der Waals surface area contributed by atoms with Crippen molar-refractivity contribution in [1.29, 1.82) is 0 Å². The van der Waals surface area contributed by atoms with Crippen LogP contribution in [0.4, 0.5) is 0 Å². The molecule has 3 rings (SSSR count). The van der Waals surface area contributed by atoms with Crippen LogP contribution in [0.1, 0.15) is 9.67 Å². The van der Waals surface area contributed by atoms with Gasteiger partial charge in [-0.1, -0.05) is 35.8 Å². The van der Waals surface area contributed by atoms with Crippen molar-refractivity contribution in [3.8, 4) is 21.6 Å². The minimum atomic E-state index is -0.363. The molecule has 0 bridgehead atoms. The van der Waals surface area contributed by atoms with Crippen molar-refractivity contribution >= 4 is 30.6 Å².